The summed E-state index contributed by atoms with van der Waals surface area (Å²) in [5.41, 5.74) is 0. The van der Waals surface area contributed by atoms with Gasteiger partial charge in [-0.05, 0) is 37.6 Å². The number of carbonyl (C=O) groups is 1. The molecule has 1 atom stereocenters. The molecule has 5 nitrogen and oxygen atoms in total. The summed E-state index contributed by atoms with van der Waals surface area (Å²) in [5, 5.41) is 11.7. The van der Waals surface area contributed by atoms with E-state index in [0.29, 0.717) is 18.4 Å². The lowest BCUT2D eigenvalue weighted by Gasteiger charge is -2.13. The molecule has 0 aliphatic heterocycles. The van der Waals surface area contributed by atoms with Crippen LogP contribution in [0.3, 0.4) is 0 Å². The Balaban J connectivity index is 1.67. The second-order valence-corrected chi connectivity index (χ2v) is 6.99. The van der Waals surface area contributed by atoms with E-state index >= 15 is 0 Å². The van der Waals surface area contributed by atoms with Gasteiger partial charge in [-0.25, -0.2) is 0 Å². The quantitative estimate of drug-likeness (QED) is 0.369. The SMILES string of the molecule is CCNC(=NCC(C)c1cccs1)NCCCC(=O)NC1CC1. The lowest BCUT2D eigenvalue weighted by Crippen LogP contribution is -2.38. The third kappa shape index (κ3) is 7.03. The monoisotopic (exact) mass is 336 g/mol. The van der Waals surface area contributed by atoms with Gasteiger partial charge in [0, 0.05) is 36.3 Å². The van der Waals surface area contributed by atoms with Crippen molar-refractivity contribution in [1.82, 2.24) is 16.0 Å². The van der Waals surface area contributed by atoms with Crippen molar-refractivity contribution in [2.24, 2.45) is 4.99 Å². The Morgan fingerprint density at radius 1 is 1.43 bits per heavy atom. The van der Waals surface area contributed by atoms with Crippen LogP contribution in [0.15, 0.2) is 22.5 Å². The molecule has 1 amide bonds. The molecule has 0 radical (unpaired) electrons. The standard InChI is InChI=1S/C17H28N4OS/c1-3-18-17(20-12-13(2)15-6-5-11-23-15)19-10-4-7-16(22)21-14-8-9-14/h5-6,11,13-14H,3-4,7-10,12H2,1-2H3,(H,21,22)(H2,18,19,20). The maximum atomic E-state index is 11.6. The Kier molecular flexibility index (Phi) is 7.39. The van der Waals surface area contributed by atoms with Gasteiger partial charge in [-0.15, -0.1) is 11.3 Å². The van der Waals surface area contributed by atoms with Gasteiger partial charge in [-0.1, -0.05) is 13.0 Å². The molecule has 0 spiro atoms. The molecule has 1 aromatic heterocycles. The van der Waals surface area contributed by atoms with Crippen LogP contribution in [0.1, 0.15) is 50.3 Å². The molecule has 1 aromatic rings. The summed E-state index contributed by atoms with van der Waals surface area (Å²) in [6.45, 7) is 6.61. The van der Waals surface area contributed by atoms with Crippen molar-refractivity contribution in [3.05, 3.63) is 22.4 Å². The van der Waals surface area contributed by atoms with E-state index in [1.54, 1.807) is 11.3 Å². The van der Waals surface area contributed by atoms with Crippen LogP contribution in [0.25, 0.3) is 0 Å². The van der Waals surface area contributed by atoms with Gasteiger partial charge in [0.2, 0.25) is 5.91 Å². The molecule has 0 aromatic carbocycles. The van der Waals surface area contributed by atoms with Gasteiger partial charge < -0.3 is 16.0 Å². The van der Waals surface area contributed by atoms with Crippen molar-refractivity contribution in [2.45, 2.75) is 51.5 Å². The minimum Gasteiger partial charge on any atom is -0.357 e. The summed E-state index contributed by atoms with van der Waals surface area (Å²) < 4.78 is 0. The number of amides is 1. The highest BCUT2D eigenvalue weighted by atomic mass is 32.1. The van der Waals surface area contributed by atoms with Crippen LogP contribution >= 0.6 is 11.3 Å². The smallest absolute Gasteiger partial charge is 0.220 e. The van der Waals surface area contributed by atoms with E-state index < -0.39 is 0 Å². The molecule has 1 fully saturated rings. The molecular weight excluding hydrogens is 308 g/mol. The molecule has 1 aliphatic rings. The zero-order valence-corrected chi connectivity index (χ0v) is 14.9. The normalized spacial score (nSPS) is 16.0. The van der Waals surface area contributed by atoms with Crippen molar-refractivity contribution in [3.63, 3.8) is 0 Å². The summed E-state index contributed by atoms with van der Waals surface area (Å²) in [4.78, 5) is 17.6. The first-order valence-corrected chi connectivity index (χ1v) is 9.42. The van der Waals surface area contributed by atoms with Gasteiger partial charge in [0.1, 0.15) is 0 Å². The predicted octanol–water partition coefficient (Wildman–Crippen LogP) is 2.47. The van der Waals surface area contributed by atoms with Crippen LogP contribution in [0.5, 0.6) is 0 Å². The number of nitrogens with zero attached hydrogens (tertiary/aromatic N) is 1. The van der Waals surface area contributed by atoms with E-state index in [-0.39, 0.29) is 5.91 Å². The van der Waals surface area contributed by atoms with E-state index in [1.807, 2.05) is 0 Å². The van der Waals surface area contributed by atoms with Gasteiger partial charge >= 0.3 is 0 Å². The number of rotatable bonds is 9. The van der Waals surface area contributed by atoms with Gasteiger partial charge in [-0.3, -0.25) is 9.79 Å². The number of carbonyl (C=O) groups excluding carboxylic acids is 1. The van der Waals surface area contributed by atoms with Gasteiger partial charge in [0.15, 0.2) is 5.96 Å². The first-order valence-electron chi connectivity index (χ1n) is 8.54. The largest absolute Gasteiger partial charge is 0.357 e. The lowest BCUT2D eigenvalue weighted by molar-refractivity contribution is -0.121. The highest BCUT2D eigenvalue weighted by Crippen LogP contribution is 2.20. The van der Waals surface area contributed by atoms with Crippen LogP contribution < -0.4 is 16.0 Å². The van der Waals surface area contributed by atoms with Crippen LogP contribution in [-0.4, -0.2) is 37.5 Å². The summed E-state index contributed by atoms with van der Waals surface area (Å²) in [7, 11) is 0. The number of thiophene rings is 1. The van der Waals surface area contributed by atoms with Crippen LogP contribution in [-0.2, 0) is 4.79 Å². The minimum absolute atomic E-state index is 0.169. The maximum absolute atomic E-state index is 11.6. The fraction of sp³-hybridized carbons (Fsp3) is 0.647. The Hall–Kier alpha value is -1.56. The molecule has 0 saturated heterocycles. The van der Waals surface area contributed by atoms with Gasteiger partial charge in [-0.2, -0.15) is 0 Å². The van der Waals surface area contributed by atoms with Gasteiger partial charge in [0.05, 0.1) is 6.54 Å². The molecule has 6 heteroatoms. The van der Waals surface area contributed by atoms with Crippen molar-refractivity contribution in [1.29, 1.82) is 0 Å². The van der Waals surface area contributed by atoms with E-state index in [0.717, 1.165) is 44.9 Å². The third-order valence-corrected chi connectivity index (χ3v) is 4.82. The predicted molar refractivity (Wildman–Crippen MR) is 97.1 cm³/mol. The molecule has 0 bridgehead atoms. The van der Waals surface area contributed by atoms with Crippen LogP contribution in [0.4, 0.5) is 0 Å². The topological polar surface area (TPSA) is 65.5 Å². The summed E-state index contributed by atoms with van der Waals surface area (Å²) in [6.07, 6.45) is 3.69. The number of hydrogen-bond acceptors (Lipinski definition) is 3. The third-order valence-electron chi connectivity index (χ3n) is 3.71. The molecule has 1 saturated carbocycles. The Morgan fingerprint density at radius 2 is 2.26 bits per heavy atom. The fourth-order valence-corrected chi connectivity index (χ4v) is 2.99. The lowest BCUT2D eigenvalue weighted by atomic mass is 10.1. The number of aliphatic imine (C=N–C) groups is 1. The van der Waals surface area contributed by atoms with E-state index in [2.05, 4.69) is 52.3 Å². The molecule has 1 aliphatic carbocycles. The Bertz CT molecular complexity index is 497. The molecule has 3 N–H and O–H groups in total. The maximum Gasteiger partial charge on any atom is 0.220 e. The number of nitrogens with one attached hydrogen (secondary N) is 3. The van der Waals surface area contributed by atoms with E-state index in [4.69, 9.17) is 0 Å². The minimum atomic E-state index is 0.169. The van der Waals surface area contributed by atoms with Crippen molar-refractivity contribution in [3.8, 4) is 0 Å². The van der Waals surface area contributed by atoms with Gasteiger partial charge in [0.25, 0.3) is 0 Å². The molecule has 1 heterocycles. The van der Waals surface area contributed by atoms with Crippen LogP contribution in [0, 0.1) is 0 Å². The fourth-order valence-electron chi connectivity index (χ4n) is 2.21. The molecule has 1 unspecified atom stereocenters. The summed E-state index contributed by atoms with van der Waals surface area (Å²) in [5.74, 6) is 1.43. The highest BCUT2D eigenvalue weighted by molar-refractivity contribution is 7.10. The van der Waals surface area contributed by atoms with Crippen molar-refractivity contribution in [2.75, 3.05) is 19.6 Å². The van der Waals surface area contributed by atoms with E-state index in [1.165, 1.54) is 4.88 Å². The first-order chi connectivity index (χ1) is 11.2. The number of guanidine groups is 1. The number of hydrogen-bond donors (Lipinski definition) is 3. The highest BCUT2D eigenvalue weighted by Gasteiger charge is 2.22. The molecule has 23 heavy (non-hydrogen) atoms. The summed E-state index contributed by atoms with van der Waals surface area (Å²) >= 11 is 1.78. The van der Waals surface area contributed by atoms with Crippen molar-refractivity contribution < 1.29 is 4.79 Å². The zero-order chi connectivity index (χ0) is 16.5. The first kappa shape index (κ1) is 17.8. The van der Waals surface area contributed by atoms with E-state index in [9.17, 15) is 4.79 Å². The Morgan fingerprint density at radius 3 is 2.91 bits per heavy atom. The zero-order valence-electron chi connectivity index (χ0n) is 14.1. The second kappa shape index (κ2) is 9.55. The Labute approximate surface area is 143 Å². The summed E-state index contributed by atoms with van der Waals surface area (Å²) in [6, 6.07) is 4.69. The molecular formula is C17H28N4OS. The molecule has 128 valence electrons. The average molecular weight is 337 g/mol. The van der Waals surface area contributed by atoms with Crippen molar-refractivity contribution >= 4 is 23.2 Å². The average Bonchev–Trinajstić information content (AvgIpc) is 3.17. The second-order valence-electron chi connectivity index (χ2n) is 6.01. The van der Waals surface area contributed by atoms with Crippen LogP contribution in [0.2, 0.25) is 0 Å². The molecule has 2 rings (SSSR count).